The van der Waals surface area contributed by atoms with Gasteiger partial charge in [0.15, 0.2) is 0 Å². The van der Waals surface area contributed by atoms with E-state index in [1.54, 1.807) is 33.5 Å². The van der Waals surface area contributed by atoms with E-state index < -0.39 is 0 Å². The van der Waals surface area contributed by atoms with E-state index in [0.29, 0.717) is 17.8 Å². The van der Waals surface area contributed by atoms with E-state index in [1.165, 1.54) is 4.90 Å². The third-order valence-corrected chi connectivity index (χ3v) is 6.60. The Morgan fingerprint density at radius 1 is 1.08 bits per heavy atom. The molecule has 0 spiro atoms. The Morgan fingerprint density at radius 2 is 1.92 bits per heavy atom. The lowest BCUT2D eigenvalue weighted by Gasteiger charge is -2.18. The summed E-state index contributed by atoms with van der Waals surface area (Å²) in [6.45, 7) is 1.33. The Bertz CT molecular complexity index is 1360. The minimum Gasteiger partial charge on any atom is -0.496 e. The number of pyridine rings is 1. The van der Waals surface area contributed by atoms with Gasteiger partial charge >= 0.3 is 0 Å². The number of anilines is 1. The van der Waals surface area contributed by atoms with E-state index >= 15 is 0 Å². The standard InChI is InChI=1S/C28H29N5O3/c1-33(2)28(35)21-13-17(10-11-22(21)32-27(34)23-8-6-12-29-23)18-14-20-24(30-15-18)16-31-26(20)19-7-4-5-9-25(19)36-3/h4-5,7,9-11,13-15,23,29H,6,8,12,16H2,1-3H3,(H,32,34)/t23-/m0/s1. The number of benzene rings is 2. The molecule has 2 aliphatic rings. The lowest BCUT2D eigenvalue weighted by atomic mass is 9.97. The van der Waals surface area contributed by atoms with Gasteiger partial charge in [-0.1, -0.05) is 18.2 Å². The molecule has 0 radical (unpaired) electrons. The van der Waals surface area contributed by atoms with Gasteiger partial charge in [0.25, 0.3) is 5.91 Å². The molecule has 8 nitrogen and oxygen atoms in total. The number of hydrogen-bond acceptors (Lipinski definition) is 6. The summed E-state index contributed by atoms with van der Waals surface area (Å²) in [5.74, 6) is 0.451. The minimum atomic E-state index is -0.236. The Morgan fingerprint density at radius 3 is 2.67 bits per heavy atom. The van der Waals surface area contributed by atoms with E-state index in [9.17, 15) is 9.59 Å². The third kappa shape index (κ3) is 4.47. The molecule has 1 fully saturated rings. The van der Waals surface area contributed by atoms with Crippen LogP contribution in [-0.4, -0.2) is 61.2 Å². The molecule has 1 atom stereocenters. The molecule has 2 aromatic carbocycles. The number of amides is 2. The topological polar surface area (TPSA) is 95.9 Å². The molecule has 0 saturated carbocycles. The second-order valence-corrected chi connectivity index (χ2v) is 9.18. The first-order chi connectivity index (χ1) is 17.5. The Kier molecular flexibility index (Phi) is 6.52. The van der Waals surface area contributed by atoms with Crippen molar-refractivity contribution in [2.24, 2.45) is 4.99 Å². The van der Waals surface area contributed by atoms with Crippen molar-refractivity contribution in [3.8, 4) is 16.9 Å². The van der Waals surface area contributed by atoms with Crippen LogP contribution in [0.2, 0.25) is 0 Å². The summed E-state index contributed by atoms with van der Waals surface area (Å²) in [6, 6.07) is 15.1. The average Bonchev–Trinajstić information content (AvgIpc) is 3.58. The number of fused-ring (bicyclic) bond motifs is 1. The predicted molar refractivity (Wildman–Crippen MR) is 140 cm³/mol. The molecule has 3 aromatic rings. The molecule has 5 rings (SSSR count). The zero-order chi connectivity index (χ0) is 25.2. The summed E-state index contributed by atoms with van der Waals surface area (Å²) in [6.07, 6.45) is 3.56. The van der Waals surface area contributed by atoms with E-state index in [0.717, 1.165) is 58.8 Å². The maximum Gasteiger partial charge on any atom is 0.255 e. The van der Waals surface area contributed by atoms with Crippen LogP contribution in [0.1, 0.15) is 40.0 Å². The number of hydrogen-bond donors (Lipinski definition) is 2. The number of aromatic nitrogens is 1. The van der Waals surface area contributed by atoms with Crippen LogP contribution < -0.4 is 15.4 Å². The SMILES string of the molecule is COc1ccccc1C1=NCc2ncc(-c3ccc(NC(=O)[C@@H]4CCCN4)c(C(=O)N(C)C)c3)cc21. The van der Waals surface area contributed by atoms with Gasteiger partial charge in [0, 0.05) is 37.0 Å². The molecule has 2 amide bonds. The van der Waals surface area contributed by atoms with Crippen LogP contribution in [0, 0.1) is 0 Å². The minimum absolute atomic E-state index is 0.120. The van der Waals surface area contributed by atoms with Gasteiger partial charge in [-0.15, -0.1) is 0 Å². The number of para-hydroxylation sites is 1. The number of carbonyl (C=O) groups excluding carboxylic acids is 2. The van der Waals surface area contributed by atoms with E-state index in [4.69, 9.17) is 9.73 Å². The first kappa shape index (κ1) is 23.7. The fourth-order valence-electron chi connectivity index (χ4n) is 4.67. The first-order valence-electron chi connectivity index (χ1n) is 12.0. The summed E-state index contributed by atoms with van der Waals surface area (Å²) in [4.78, 5) is 36.7. The van der Waals surface area contributed by atoms with Crippen molar-refractivity contribution in [3.63, 3.8) is 0 Å². The number of ether oxygens (including phenoxy) is 1. The largest absolute Gasteiger partial charge is 0.496 e. The van der Waals surface area contributed by atoms with Crippen LogP contribution >= 0.6 is 0 Å². The highest BCUT2D eigenvalue weighted by Crippen LogP contribution is 2.32. The number of rotatable bonds is 6. The van der Waals surface area contributed by atoms with Crippen molar-refractivity contribution in [3.05, 3.63) is 77.1 Å². The molecule has 36 heavy (non-hydrogen) atoms. The number of nitrogens with one attached hydrogen (secondary N) is 2. The van der Waals surface area contributed by atoms with Gasteiger partial charge < -0.3 is 20.3 Å². The van der Waals surface area contributed by atoms with Crippen LogP contribution in [0.15, 0.2) is 59.7 Å². The number of carbonyl (C=O) groups is 2. The highest BCUT2D eigenvalue weighted by molar-refractivity contribution is 6.16. The van der Waals surface area contributed by atoms with Crippen molar-refractivity contribution in [2.75, 3.05) is 33.1 Å². The second kappa shape index (κ2) is 9.91. The van der Waals surface area contributed by atoms with Crippen molar-refractivity contribution in [1.29, 1.82) is 0 Å². The van der Waals surface area contributed by atoms with Gasteiger partial charge in [-0.2, -0.15) is 0 Å². The molecular formula is C28H29N5O3. The molecule has 0 bridgehead atoms. The van der Waals surface area contributed by atoms with Crippen LogP contribution in [0.4, 0.5) is 5.69 Å². The van der Waals surface area contributed by atoms with Crippen LogP contribution in [0.3, 0.4) is 0 Å². The highest BCUT2D eigenvalue weighted by Gasteiger charge is 2.25. The summed E-state index contributed by atoms with van der Waals surface area (Å²) in [5, 5.41) is 6.15. The van der Waals surface area contributed by atoms with Crippen LogP contribution in [-0.2, 0) is 11.3 Å². The summed E-state index contributed by atoms with van der Waals surface area (Å²) in [5.41, 5.74) is 6.23. The maximum absolute atomic E-state index is 13.1. The predicted octanol–water partition coefficient (Wildman–Crippen LogP) is 3.50. The summed E-state index contributed by atoms with van der Waals surface area (Å²) in [7, 11) is 5.05. The zero-order valence-electron chi connectivity index (χ0n) is 20.7. The molecule has 0 aliphatic carbocycles. The second-order valence-electron chi connectivity index (χ2n) is 9.18. The van der Waals surface area contributed by atoms with E-state index in [1.807, 2.05) is 36.4 Å². The normalized spacial score (nSPS) is 16.3. The molecule has 3 heterocycles. The van der Waals surface area contributed by atoms with Gasteiger partial charge in [0.1, 0.15) is 5.75 Å². The van der Waals surface area contributed by atoms with Gasteiger partial charge in [-0.05, 0) is 55.3 Å². The molecule has 8 heteroatoms. The van der Waals surface area contributed by atoms with Crippen LogP contribution in [0.25, 0.3) is 11.1 Å². The van der Waals surface area contributed by atoms with Crippen LogP contribution in [0.5, 0.6) is 5.75 Å². The maximum atomic E-state index is 13.1. The fraction of sp³-hybridized carbons (Fsp3) is 0.286. The van der Waals surface area contributed by atoms with Crippen molar-refractivity contribution in [1.82, 2.24) is 15.2 Å². The van der Waals surface area contributed by atoms with Crippen molar-refractivity contribution >= 4 is 23.2 Å². The third-order valence-electron chi connectivity index (χ3n) is 6.60. The quantitative estimate of drug-likeness (QED) is 0.560. The molecule has 1 saturated heterocycles. The average molecular weight is 484 g/mol. The first-order valence-corrected chi connectivity index (χ1v) is 12.0. The molecule has 1 aromatic heterocycles. The fourth-order valence-corrected chi connectivity index (χ4v) is 4.67. The van der Waals surface area contributed by atoms with Gasteiger partial charge in [-0.25, -0.2) is 0 Å². The molecule has 184 valence electrons. The molecular weight excluding hydrogens is 454 g/mol. The smallest absolute Gasteiger partial charge is 0.255 e. The van der Waals surface area contributed by atoms with E-state index in [2.05, 4.69) is 21.7 Å². The summed E-state index contributed by atoms with van der Waals surface area (Å²) >= 11 is 0. The number of nitrogens with zero attached hydrogens (tertiary/aromatic N) is 3. The lowest BCUT2D eigenvalue weighted by Crippen LogP contribution is -2.36. The van der Waals surface area contributed by atoms with Crippen molar-refractivity contribution in [2.45, 2.75) is 25.4 Å². The van der Waals surface area contributed by atoms with Gasteiger partial charge in [0.2, 0.25) is 5.91 Å². The Balaban J connectivity index is 1.51. The Hall–Kier alpha value is -4.04. The molecule has 0 unspecified atom stereocenters. The lowest BCUT2D eigenvalue weighted by molar-refractivity contribution is -0.117. The number of methoxy groups -OCH3 is 1. The van der Waals surface area contributed by atoms with Gasteiger partial charge in [-0.3, -0.25) is 19.6 Å². The van der Waals surface area contributed by atoms with Gasteiger partial charge in [0.05, 0.1) is 42.4 Å². The molecule has 2 aliphatic heterocycles. The zero-order valence-corrected chi connectivity index (χ0v) is 20.7. The highest BCUT2D eigenvalue weighted by atomic mass is 16.5. The number of aliphatic imine (C=N–C) groups is 1. The van der Waals surface area contributed by atoms with Crippen molar-refractivity contribution < 1.29 is 14.3 Å². The Labute approximate surface area is 210 Å². The monoisotopic (exact) mass is 483 g/mol. The van der Waals surface area contributed by atoms with E-state index in [-0.39, 0.29) is 17.9 Å². The molecule has 2 N–H and O–H groups in total. The summed E-state index contributed by atoms with van der Waals surface area (Å²) < 4.78 is 5.55.